The molecule has 1 unspecified atom stereocenters. The zero-order chi connectivity index (χ0) is 12.2. The monoisotopic (exact) mass is 320 g/mol. The van der Waals surface area contributed by atoms with Crippen LogP contribution in [0.5, 0.6) is 0 Å². The summed E-state index contributed by atoms with van der Waals surface area (Å²) in [6.07, 6.45) is 0. The van der Waals surface area contributed by atoms with Gasteiger partial charge in [0.1, 0.15) is 0 Å². The lowest BCUT2D eigenvalue weighted by atomic mass is 9.88. The molecule has 0 radical (unpaired) electrons. The first-order chi connectivity index (χ1) is 7.49. The molecule has 0 aliphatic heterocycles. The van der Waals surface area contributed by atoms with E-state index in [1.165, 1.54) is 5.56 Å². The van der Waals surface area contributed by atoms with Crippen LogP contribution in [0.4, 0.5) is 0 Å². The van der Waals surface area contributed by atoms with E-state index in [1.807, 2.05) is 6.07 Å². The minimum atomic E-state index is -0.00468. The van der Waals surface area contributed by atoms with Gasteiger partial charge in [0.15, 0.2) is 0 Å². The van der Waals surface area contributed by atoms with Gasteiger partial charge in [-0.1, -0.05) is 48.0 Å². The molecule has 17 heavy (non-hydrogen) atoms. The van der Waals surface area contributed by atoms with Gasteiger partial charge in [0.05, 0.1) is 0 Å². The van der Waals surface area contributed by atoms with Gasteiger partial charge in [-0.15, -0.1) is 12.4 Å². The summed E-state index contributed by atoms with van der Waals surface area (Å²) in [5.74, 6) is 0.514. The van der Waals surface area contributed by atoms with Gasteiger partial charge in [-0.2, -0.15) is 0 Å². The molecule has 0 aliphatic rings. The Balaban J connectivity index is 0.00000256. The first kappa shape index (κ1) is 16.9. The van der Waals surface area contributed by atoms with Gasteiger partial charge in [-0.05, 0) is 24.5 Å². The third-order valence-electron chi connectivity index (χ3n) is 3.34. The van der Waals surface area contributed by atoms with E-state index in [-0.39, 0.29) is 17.9 Å². The van der Waals surface area contributed by atoms with Gasteiger partial charge in [0.2, 0.25) is 0 Å². The highest BCUT2D eigenvalue weighted by molar-refractivity contribution is 9.10. The Morgan fingerprint density at radius 1 is 1.35 bits per heavy atom. The van der Waals surface area contributed by atoms with E-state index in [9.17, 15) is 0 Å². The van der Waals surface area contributed by atoms with Crippen molar-refractivity contribution in [2.75, 3.05) is 6.54 Å². The van der Waals surface area contributed by atoms with Crippen LogP contribution in [0.3, 0.4) is 0 Å². The Morgan fingerprint density at radius 3 is 2.41 bits per heavy atom. The molecular weight excluding hydrogens is 300 g/mol. The molecule has 0 amide bonds. The highest BCUT2D eigenvalue weighted by atomic mass is 79.9. The average molecular weight is 322 g/mol. The normalized spacial score (nSPS) is 14.2. The lowest BCUT2D eigenvalue weighted by Crippen LogP contribution is -2.52. The van der Waals surface area contributed by atoms with Gasteiger partial charge in [0.25, 0.3) is 0 Å². The number of hydrogen-bond donors (Lipinski definition) is 2. The maximum absolute atomic E-state index is 5.84. The van der Waals surface area contributed by atoms with Gasteiger partial charge in [0, 0.05) is 23.1 Å². The minimum absolute atomic E-state index is 0. The summed E-state index contributed by atoms with van der Waals surface area (Å²) in [7, 11) is 0. The Morgan fingerprint density at radius 2 is 1.94 bits per heavy atom. The fraction of sp³-hybridized carbons (Fsp3) is 0.538. The Kier molecular flexibility index (Phi) is 7.33. The predicted molar refractivity (Wildman–Crippen MR) is 80.5 cm³/mol. The molecule has 4 heteroatoms. The fourth-order valence-electron chi connectivity index (χ4n) is 1.45. The van der Waals surface area contributed by atoms with Gasteiger partial charge >= 0.3 is 0 Å². The van der Waals surface area contributed by atoms with Crippen LogP contribution in [0.2, 0.25) is 0 Å². The van der Waals surface area contributed by atoms with Crippen molar-refractivity contribution in [3.8, 4) is 0 Å². The summed E-state index contributed by atoms with van der Waals surface area (Å²) in [4.78, 5) is 0. The summed E-state index contributed by atoms with van der Waals surface area (Å²) in [5, 5.41) is 3.55. The van der Waals surface area contributed by atoms with Crippen LogP contribution in [0.25, 0.3) is 0 Å². The van der Waals surface area contributed by atoms with Crippen molar-refractivity contribution in [2.45, 2.75) is 32.9 Å². The van der Waals surface area contributed by atoms with Crippen LogP contribution in [-0.2, 0) is 6.54 Å². The molecule has 1 rings (SSSR count). The van der Waals surface area contributed by atoms with E-state index in [1.54, 1.807) is 0 Å². The molecule has 1 atom stereocenters. The van der Waals surface area contributed by atoms with Crippen molar-refractivity contribution in [1.29, 1.82) is 0 Å². The molecule has 0 fully saturated rings. The van der Waals surface area contributed by atoms with Crippen molar-refractivity contribution in [2.24, 2.45) is 11.7 Å². The summed E-state index contributed by atoms with van der Waals surface area (Å²) >= 11 is 3.55. The summed E-state index contributed by atoms with van der Waals surface area (Å²) in [5.41, 5.74) is 7.10. The highest BCUT2D eigenvalue weighted by Gasteiger charge is 2.25. The van der Waals surface area contributed by atoms with Crippen molar-refractivity contribution >= 4 is 28.3 Å². The quantitative estimate of drug-likeness (QED) is 0.873. The van der Waals surface area contributed by atoms with Gasteiger partial charge in [-0.25, -0.2) is 0 Å². The first-order valence-corrected chi connectivity index (χ1v) is 6.47. The lowest BCUT2D eigenvalue weighted by molar-refractivity contribution is 0.267. The van der Waals surface area contributed by atoms with Crippen LogP contribution >= 0.6 is 28.3 Å². The molecule has 0 aliphatic carbocycles. The summed E-state index contributed by atoms with van der Waals surface area (Å²) < 4.78 is 1.14. The molecule has 0 spiro atoms. The molecule has 0 bridgehead atoms. The lowest BCUT2D eigenvalue weighted by Gasteiger charge is -2.34. The van der Waals surface area contributed by atoms with E-state index >= 15 is 0 Å². The molecule has 1 aromatic rings. The van der Waals surface area contributed by atoms with Crippen molar-refractivity contribution in [3.63, 3.8) is 0 Å². The predicted octanol–water partition coefficient (Wildman–Crippen LogP) is 3.33. The Labute approximate surface area is 119 Å². The maximum Gasteiger partial charge on any atom is 0.0301 e. The molecular formula is C13H22BrClN2. The molecule has 0 saturated carbocycles. The highest BCUT2D eigenvalue weighted by Crippen LogP contribution is 2.19. The zero-order valence-electron chi connectivity index (χ0n) is 10.7. The fourth-order valence-corrected chi connectivity index (χ4v) is 1.88. The van der Waals surface area contributed by atoms with Crippen LogP contribution < -0.4 is 11.1 Å². The van der Waals surface area contributed by atoms with Gasteiger partial charge < -0.3 is 11.1 Å². The third kappa shape index (κ3) is 4.59. The topological polar surface area (TPSA) is 38.0 Å². The van der Waals surface area contributed by atoms with Crippen LogP contribution in [0.1, 0.15) is 26.3 Å². The van der Waals surface area contributed by atoms with E-state index < -0.39 is 0 Å². The molecule has 98 valence electrons. The Bertz CT molecular complexity index is 344. The summed E-state index contributed by atoms with van der Waals surface area (Å²) in [6, 6.07) is 8.26. The Hall–Kier alpha value is -0.0900. The SMILES string of the molecule is CC(C)C(C)(CN)NCc1ccccc1Br.Cl. The largest absolute Gasteiger partial charge is 0.329 e. The summed E-state index contributed by atoms with van der Waals surface area (Å²) in [6.45, 7) is 8.05. The average Bonchev–Trinajstić information content (AvgIpc) is 2.27. The number of halogens is 2. The van der Waals surface area contributed by atoms with Gasteiger partial charge in [-0.3, -0.25) is 0 Å². The maximum atomic E-state index is 5.84. The van der Waals surface area contributed by atoms with Crippen molar-refractivity contribution < 1.29 is 0 Å². The smallest absolute Gasteiger partial charge is 0.0301 e. The van der Waals surface area contributed by atoms with Crippen LogP contribution in [0, 0.1) is 5.92 Å². The van der Waals surface area contributed by atoms with E-state index in [0.29, 0.717) is 12.5 Å². The molecule has 2 nitrogen and oxygen atoms in total. The second kappa shape index (κ2) is 7.37. The van der Waals surface area contributed by atoms with Crippen LogP contribution in [-0.4, -0.2) is 12.1 Å². The van der Waals surface area contributed by atoms with E-state index in [0.717, 1.165) is 11.0 Å². The molecule has 0 heterocycles. The second-order valence-corrected chi connectivity index (χ2v) is 5.58. The minimum Gasteiger partial charge on any atom is -0.329 e. The van der Waals surface area contributed by atoms with Crippen molar-refractivity contribution in [1.82, 2.24) is 5.32 Å². The van der Waals surface area contributed by atoms with Crippen LogP contribution in [0.15, 0.2) is 28.7 Å². The molecule has 1 aromatic carbocycles. The third-order valence-corrected chi connectivity index (χ3v) is 4.11. The number of benzene rings is 1. The zero-order valence-corrected chi connectivity index (χ0v) is 13.1. The number of nitrogens with two attached hydrogens (primary N) is 1. The molecule has 0 aromatic heterocycles. The number of rotatable bonds is 5. The second-order valence-electron chi connectivity index (χ2n) is 4.72. The number of hydrogen-bond acceptors (Lipinski definition) is 2. The molecule has 3 N–H and O–H groups in total. The number of nitrogens with one attached hydrogen (secondary N) is 1. The standard InChI is InChI=1S/C13H21BrN2.ClH/c1-10(2)13(3,9-15)16-8-11-6-4-5-7-12(11)14;/h4-7,10,16H,8-9,15H2,1-3H3;1H. The van der Waals surface area contributed by atoms with Crippen molar-refractivity contribution in [3.05, 3.63) is 34.3 Å². The van der Waals surface area contributed by atoms with E-state index in [2.05, 4.69) is 60.2 Å². The molecule has 0 saturated heterocycles. The van der Waals surface area contributed by atoms with E-state index in [4.69, 9.17) is 5.73 Å². The first-order valence-electron chi connectivity index (χ1n) is 5.68.